The van der Waals surface area contributed by atoms with Crippen molar-refractivity contribution < 1.29 is 9.18 Å². The topological polar surface area (TPSA) is 54.0 Å². The first-order chi connectivity index (χ1) is 12.6. The summed E-state index contributed by atoms with van der Waals surface area (Å²) in [6, 6.07) is 16.9. The van der Waals surface area contributed by atoms with Gasteiger partial charge in [0.2, 0.25) is 0 Å². The zero-order valence-corrected chi connectivity index (χ0v) is 14.6. The van der Waals surface area contributed by atoms with Crippen LogP contribution in [0.5, 0.6) is 0 Å². The predicted molar refractivity (Wildman–Crippen MR) is 102 cm³/mol. The fourth-order valence-corrected chi connectivity index (χ4v) is 2.53. The molecule has 0 aliphatic carbocycles. The summed E-state index contributed by atoms with van der Waals surface area (Å²) in [6.45, 7) is 0.568. The van der Waals surface area contributed by atoms with Gasteiger partial charge in [0, 0.05) is 17.3 Å². The number of pyridine rings is 1. The standard InChI is InChI=1S/C20H17ClFN3O/c21-15-5-7-16(8-6-15)25-20(26)19-10-9-17(13-24-19)23-12-11-14-3-1-2-4-18(14)22/h1-10,13,23H,11-12H2,(H,25,26). The van der Waals surface area contributed by atoms with Crippen LogP contribution in [0.15, 0.2) is 66.9 Å². The Bertz CT molecular complexity index is 882. The van der Waals surface area contributed by atoms with E-state index in [0.29, 0.717) is 34.9 Å². The van der Waals surface area contributed by atoms with Crippen LogP contribution >= 0.6 is 11.6 Å². The fourth-order valence-electron chi connectivity index (χ4n) is 2.40. The van der Waals surface area contributed by atoms with E-state index in [1.54, 1.807) is 54.7 Å². The molecule has 26 heavy (non-hydrogen) atoms. The van der Waals surface area contributed by atoms with E-state index in [9.17, 15) is 9.18 Å². The quantitative estimate of drug-likeness (QED) is 0.657. The first-order valence-electron chi connectivity index (χ1n) is 8.12. The molecule has 1 amide bonds. The van der Waals surface area contributed by atoms with Gasteiger partial charge < -0.3 is 10.6 Å². The average molecular weight is 370 g/mol. The maximum Gasteiger partial charge on any atom is 0.274 e. The number of benzene rings is 2. The lowest BCUT2D eigenvalue weighted by molar-refractivity contribution is 0.102. The number of aromatic nitrogens is 1. The average Bonchev–Trinajstić information content (AvgIpc) is 2.66. The molecule has 0 saturated heterocycles. The smallest absolute Gasteiger partial charge is 0.274 e. The molecule has 1 aromatic heterocycles. The predicted octanol–water partition coefficient (Wildman–Crippen LogP) is 4.78. The number of carbonyl (C=O) groups is 1. The molecule has 6 heteroatoms. The summed E-state index contributed by atoms with van der Waals surface area (Å²) in [5, 5.41) is 6.52. The van der Waals surface area contributed by atoms with Crippen molar-refractivity contribution in [1.82, 2.24) is 4.98 Å². The molecule has 0 aliphatic heterocycles. The summed E-state index contributed by atoms with van der Waals surface area (Å²) >= 11 is 5.82. The van der Waals surface area contributed by atoms with Crippen molar-refractivity contribution in [3.63, 3.8) is 0 Å². The van der Waals surface area contributed by atoms with Crippen LogP contribution in [0.2, 0.25) is 5.02 Å². The first kappa shape index (κ1) is 17.9. The second-order valence-electron chi connectivity index (χ2n) is 5.66. The Morgan fingerprint density at radius 3 is 2.42 bits per heavy atom. The summed E-state index contributed by atoms with van der Waals surface area (Å²) in [7, 11) is 0. The molecular formula is C20H17ClFN3O. The van der Waals surface area contributed by atoms with Gasteiger partial charge >= 0.3 is 0 Å². The lowest BCUT2D eigenvalue weighted by atomic mass is 10.1. The fraction of sp³-hybridized carbons (Fsp3) is 0.100. The van der Waals surface area contributed by atoms with E-state index in [1.807, 2.05) is 6.07 Å². The summed E-state index contributed by atoms with van der Waals surface area (Å²) in [5.41, 5.74) is 2.38. The van der Waals surface area contributed by atoms with E-state index in [1.165, 1.54) is 6.07 Å². The number of rotatable bonds is 6. The Morgan fingerprint density at radius 2 is 1.73 bits per heavy atom. The minimum atomic E-state index is -0.301. The molecule has 0 aliphatic rings. The van der Waals surface area contributed by atoms with Crippen LogP contribution in [0.1, 0.15) is 16.1 Å². The molecule has 3 aromatic rings. The largest absolute Gasteiger partial charge is 0.383 e. The Labute approximate surface area is 156 Å². The van der Waals surface area contributed by atoms with Gasteiger partial charge in [-0.15, -0.1) is 0 Å². The molecule has 1 heterocycles. The minimum absolute atomic E-state index is 0.207. The number of hydrogen-bond acceptors (Lipinski definition) is 3. The van der Waals surface area contributed by atoms with Gasteiger partial charge in [-0.25, -0.2) is 9.37 Å². The van der Waals surface area contributed by atoms with E-state index in [4.69, 9.17) is 11.6 Å². The highest BCUT2D eigenvalue weighted by atomic mass is 35.5. The zero-order valence-electron chi connectivity index (χ0n) is 13.9. The van der Waals surface area contributed by atoms with Crippen LogP contribution in [0.3, 0.4) is 0 Å². The van der Waals surface area contributed by atoms with Crippen molar-refractivity contribution in [3.8, 4) is 0 Å². The van der Waals surface area contributed by atoms with Crippen molar-refractivity contribution in [2.45, 2.75) is 6.42 Å². The van der Waals surface area contributed by atoms with Crippen molar-refractivity contribution in [1.29, 1.82) is 0 Å². The van der Waals surface area contributed by atoms with E-state index in [2.05, 4.69) is 15.6 Å². The number of carbonyl (C=O) groups excluding carboxylic acids is 1. The van der Waals surface area contributed by atoms with E-state index in [0.717, 1.165) is 5.69 Å². The molecule has 0 atom stereocenters. The van der Waals surface area contributed by atoms with Crippen LogP contribution < -0.4 is 10.6 Å². The monoisotopic (exact) mass is 369 g/mol. The maximum absolute atomic E-state index is 13.6. The molecule has 0 bridgehead atoms. The molecular weight excluding hydrogens is 353 g/mol. The van der Waals surface area contributed by atoms with Gasteiger partial charge in [0.05, 0.1) is 11.9 Å². The van der Waals surface area contributed by atoms with Crippen molar-refractivity contribution in [2.75, 3.05) is 17.2 Å². The lowest BCUT2D eigenvalue weighted by Crippen LogP contribution is -2.14. The Balaban J connectivity index is 1.53. The third kappa shape index (κ3) is 4.80. The van der Waals surface area contributed by atoms with E-state index in [-0.39, 0.29) is 11.7 Å². The summed E-state index contributed by atoms with van der Waals surface area (Å²) in [6.07, 6.45) is 2.14. The second-order valence-corrected chi connectivity index (χ2v) is 6.10. The molecule has 0 fully saturated rings. The molecule has 3 rings (SSSR count). The number of amides is 1. The number of hydrogen-bond donors (Lipinski definition) is 2. The minimum Gasteiger partial charge on any atom is -0.383 e. The van der Waals surface area contributed by atoms with E-state index >= 15 is 0 Å². The van der Waals surface area contributed by atoms with Crippen LogP contribution in [0, 0.1) is 5.82 Å². The highest BCUT2D eigenvalue weighted by Crippen LogP contribution is 2.15. The summed E-state index contributed by atoms with van der Waals surface area (Å²) < 4.78 is 13.6. The van der Waals surface area contributed by atoms with Crippen LogP contribution in [0.25, 0.3) is 0 Å². The van der Waals surface area contributed by atoms with E-state index < -0.39 is 0 Å². The van der Waals surface area contributed by atoms with Crippen LogP contribution in [-0.2, 0) is 6.42 Å². The molecule has 0 spiro atoms. The Kier molecular flexibility index (Phi) is 5.81. The maximum atomic E-state index is 13.6. The number of halogens is 2. The lowest BCUT2D eigenvalue weighted by Gasteiger charge is -2.08. The molecule has 4 nitrogen and oxygen atoms in total. The summed E-state index contributed by atoms with van der Waals surface area (Å²) in [4.78, 5) is 16.3. The SMILES string of the molecule is O=C(Nc1ccc(Cl)cc1)c1ccc(NCCc2ccccc2F)cn1. The van der Waals surface area contributed by atoms with Gasteiger partial charge in [0.25, 0.3) is 5.91 Å². The van der Waals surface area contributed by atoms with Gasteiger partial charge in [-0.1, -0.05) is 29.8 Å². The number of anilines is 2. The molecule has 2 aromatic carbocycles. The van der Waals surface area contributed by atoms with Gasteiger partial charge in [-0.05, 0) is 54.4 Å². The molecule has 2 N–H and O–H groups in total. The molecule has 0 saturated carbocycles. The zero-order chi connectivity index (χ0) is 18.4. The molecule has 0 radical (unpaired) electrons. The molecule has 132 valence electrons. The van der Waals surface area contributed by atoms with Crippen molar-refractivity contribution in [2.24, 2.45) is 0 Å². The number of nitrogens with one attached hydrogen (secondary N) is 2. The Hall–Kier alpha value is -2.92. The van der Waals surface area contributed by atoms with Gasteiger partial charge in [-0.3, -0.25) is 4.79 Å². The number of nitrogens with zero attached hydrogens (tertiary/aromatic N) is 1. The van der Waals surface area contributed by atoms with Gasteiger partial charge in [0.15, 0.2) is 0 Å². The Morgan fingerprint density at radius 1 is 1.00 bits per heavy atom. The third-order valence-electron chi connectivity index (χ3n) is 3.78. The van der Waals surface area contributed by atoms with Crippen molar-refractivity contribution >= 4 is 28.9 Å². The third-order valence-corrected chi connectivity index (χ3v) is 4.03. The normalized spacial score (nSPS) is 10.4. The first-order valence-corrected chi connectivity index (χ1v) is 8.50. The van der Waals surface area contributed by atoms with Crippen LogP contribution in [0.4, 0.5) is 15.8 Å². The highest BCUT2D eigenvalue weighted by Gasteiger charge is 2.08. The highest BCUT2D eigenvalue weighted by molar-refractivity contribution is 6.30. The second kappa shape index (κ2) is 8.45. The van der Waals surface area contributed by atoms with Crippen LogP contribution in [-0.4, -0.2) is 17.4 Å². The molecule has 0 unspecified atom stereocenters. The van der Waals surface area contributed by atoms with Gasteiger partial charge in [0.1, 0.15) is 11.5 Å². The van der Waals surface area contributed by atoms with Gasteiger partial charge in [-0.2, -0.15) is 0 Å². The summed E-state index contributed by atoms with van der Waals surface area (Å²) in [5.74, 6) is -0.508. The van der Waals surface area contributed by atoms with Crippen molar-refractivity contribution in [3.05, 3.63) is 89.0 Å².